The molecule has 1 aromatic carbocycles. The molecule has 1 aliphatic rings. The SMILES string of the molecule is COc1cc(C(C)NCC(O)CC(C2CCCCC2)[P+](=O)O)cc(OC)c1OC.Cl. The number of aliphatic hydroxyl groups excluding tert-OH is 1. The van der Waals surface area contributed by atoms with Gasteiger partial charge < -0.3 is 24.6 Å². The molecule has 4 atom stereocenters. The molecule has 172 valence electrons. The third kappa shape index (κ3) is 7.24. The molecule has 0 heterocycles. The third-order valence-electron chi connectivity index (χ3n) is 5.84. The van der Waals surface area contributed by atoms with Crippen LogP contribution in [0, 0.1) is 5.92 Å². The molecule has 1 aliphatic carbocycles. The molecule has 7 nitrogen and oxygen atoms in total. The smallest absolute Gasteiger partial charge is 0.493 e. The highest BCUT2D eigenvalue weighted by atomic mass is 35.5. The second-order valence-corrected chi connectivity index (χ2v) is 9.01. The summed E-state index contributed by atoms with van der Waals surface area (Å²) in [4.78, 5) is 9.77. The zero-order valence-electron chi connectivity index (χ0n) is 18.3. The predicted molar refractivity (Wildman–Crippen MR) is 121 cm³/mol. The van der Waals surface area contributed by atoms with Crippen molar-refractivity contribution in [2.75, 3.05) is 27.9 Å². The summed E-state index contributed by atoms with van der Waals surface area (Å²) in [7, 11) is 2.42. The van der Waals surface area contributed by atoms with Crippen LogP contribution in [0.5, 0.6) is 17.2 Å². The Labute approximate surface area is 186 Å². The maximum absolute atomic E-state index is 11.9. The van der Waals surface area contributed by atoms with Crippen LogP contribution < -0.4 is 19.5 Å². The number of benzene rings is 1. The number of hydrogen-bond donors (Lipinski definition) is 3. The number of aliphatic hydroxyl groups is 1. The van der Waals surface area contributed by atoms with Crippen molar-refractivity contribution in [1.29, 1.82) is 0 Å². The van der Waals surface area contributed by atoms with Crippen molar-refractivity contribution in [2.45, 2.75) is 63.3 Å². The average molecular weight is 465 g/mol. The Bertz CT molecular complexity index is 646. The van der Waals surface area contributed by atoms with E-state index < -0.39 is 14.1 Å². The van der Waals surface area contributed by atoms with Crippen LogP contribution in [0.3, 0.4) is 0 Å². The van der Waals surface area contributed by atoms with Crippen molar-refractivity contribution in [2.24, 2.45) is 5.92 Å². The molecule has 1 fully saturated rings. The van der Waals surface area contributed by atoms with Gasteiger partial charge >= 0.3 is 8.03 Å². The average Bonchev–Trinajstić information content (AvgIpc) is 2.74. The van der Waals surface area contributed by atoms with E-state index in [4.69, 9.17) is 14.2 Å². The van der Waals surface area contributed by atoms with Crippen LogP contribution >= 0.6 is 20.4 Å². The van der Waals surface area contributed by atoms with Gasteiger partial charge in [-0.25, -0.2) is 0 Å². The minimum Gasteiger partial charge on any atom is -0.493 e. The summed E-state index contributed by atoms with van der Waals surface area (Å²) in [6.45, 7) is 2.32. The molecule has 1 aromatic rings. The molecule has 1 saturated carbocycles. The van der Waals surface area contributed by atoms with Gasteiger partial charge in [-0.3, -0.25) is 0 Å². The fraction of sp³-hybridized carbons (Fsp3) is 0.714. The van der Waals surface area contributed by atoms with Gasteiger partial charge in [0.15, 0.2) is 17.2 Å². The van der Waals surface area contributed by atoms with Gasteiger partial charge in [0.1, 0.15) is 0 Å². The molecular formula is C21H36ClNO6P+. The molecule has 9 heteroatoms. The topological polar surface area (TPSA) is 97.2 Å². The van der Waals surface area contributed by atoms with Crippen molar-refractivity contribution in [1.82, 2.24) is 5.32 Å². The van der Waals surface area contributed by atoms with Gasteiger partial charge in [0.2, 0.25) is 5.75 Å². The standard InChI is InChI=1S/C21H34NO6P.ClH/c1-14(16-10-18(26-2)21(28-4)19(11-16)27-3)22-13-17(23)12-20(29(24)25)15-8-6-5-7-9-15;/h10-11,14-15,17,20,22-23H,5-9,12-13H2,1-4H3;1H/p+1. The minimum absolute atomic E-state index is 0. The molecule has 2 rings (SSSR count). The summed E-state index contributed by atoms with van der Waals surface area (Å²) < 4.78 is 28.0. The number of ether oxygens (including phenoxy) is 3. The van der Waals surface area contributed by atoms with E-state index in [1.54, 1.807) is 21.3 Å². The number of nitrogens with one attached hydrogen (secondary N) is 1. The van der Waals surface area contributed by atoms with Gasteiger partial charge in [-0.1, -0.05) is 19.3 Å². The lowest BCUT2D eigenvalue weighted by Gasteiger charge is -2.25. The first-order chi connectivity index (χ1) is 13.9. The van der Waals surface area contributed by atoms with E-state index in [1.165, 1.54) is 6.42 Å². The number of hydrogen-bond acceptors (Lipinski definition) is 6. The Morgan fingerprint density at radius 2 is 1.67 bits per heavy atom. The number of methoxy groups -OCH3 is 3. The number of halogens is 1. The first kappa shape index (κ1) is 26.9. The second-order valence-electron chi connectivity index (χ2n) is 7.75. The van der Waals surface area contributed by atoms with Crippen LogP contribution in [0.2, 0.25) is 0 Å². The lowest BCUT2D eigenvalue weighted by Crippen LogP contribution is -2.33. The first-order valence-corrected chi connectivity index (χ1v) is 11.6. The van der Waals surface area contributed by atoms with Gasteiger partial charge in [0, 0.05) is 24.9 Å². The van der Waals surface area contributed by atoms with Crippen molar-refractivity contribution < 1.29 is 28.8 Å². The maximum Gasteiger partial charge on any atom is 0.509 e. The molecule has 0 spiro atoms. The normalized spacial score (nSPS) is 18.0. The zero-order valence-corrected chi connectivity index (χ0v) is 20.0. The van der Waals surface area contributed by atoms with Gasteiger partial charge in [0.25, 0.3) is 0 Å². The fourth-order valence-corrected chi connectivity index (χ4v) is 5.21. The van der Waals surface area contributed by atoms with Crippen molar-refractivity contribution in [3.05, 3.63) is 17.7 Å². The number of rotatable bonds is 11. The molecule has 0 aliphatic heterocycles. The molecule has 0 radical (unpaired) electrons. The molecule has 3 N–H and O–H groups in total. The monoisotopic (exact) mass is 464 g/mol. The highest BCUT2D eigenvalue weighted by Crippen LogP contribution is 2.41. The van der Waals surface area contributed by atoms with E-state index in [0.717, 1.165) is 31.2 Å². The third-order valence-corrected chi connectivity index (χ3v) is 7.04. The summed E-state index contributed by atoms with van der Waals surface area (Å²) in [5.41, 5.74) is 0.599. The summed E-state index contributed by atoms with van der Waals surface area (Å²) >= 11 is 0. The summed E-state index contributed by atoms with van der Waals surface area (Å²) in [6.07, 6.45) is 5.03. The maximum atomic E-state index is 11.9. The second kappa shape index (κ2) is 13.3. The molecule has 0 amide bonds. The fourth-order valence-electron chi connectivity index (χ4n) is 4.13. The van der Waals surface area contributed by atoms with Crippen LogP contribution in [-0.2, 0) is 4.57 Å². The Hall–Kier alpha value is -1.11. The van der Waals surface area contributed by atoms with Gasteiger partial charge in [0.05, 0.1) is 27.4 Å². The van der Waals surface area contributed by atoms with E-state index in [9.17, 15) is 14.6 Å². The molecule has 4 unspecified atom stereocenters. The lowest BCUT2D eigenvalue weighted by atomic mass is 9.85. The van der Waals surface area contributed by atoms with Crippen LogP contribution in [0.4, 0.5) is 0 Å². The van der Waals surface area contributed by atoms with Crippen molar-refractivity contribution >= 4 is 20.4 Å². The van der Waals surface area contributed by atoms with E-state index in [1.807, 2.05) is 19.1 Å². The van der Waals surface area contributed by atoms with E-state index in [2.05, 4.69) is 5.32 Å². The Morgan fingerprint density at radius 3 is 2.13 bits per heavy atom. The summed E-state index contributed by atoms with van der Waals surface area (Å²) in [6, 6.07) is 3.68. The minimum atomic E-state index is -2.29. The van der Waals surface area contributed by atoms with Crippen LogP contribution in [-0.4, -0.2) is 49.6 Å². The lowest BCUT2D eigenvalue weighted by molar-refractivity contribution is 0.144. The Kier molecular flexibility index (Phi) is 12.0. The molecule has 30 heavy (non-hydrogen) atoms. The first-order valence-electron chi connectivity index (χ1n) is 10.3. The van der Waals surface area contributed by atoms with Crippen LogP contribution in [0.25, 0.3) is 0 Å². The largest absolute Gasteiger partial charge is 0.509 e. The summed E-state index contributed by atoms with van der Waals surface area (Å²) in [5, 5.41) is 13.8. The van der Waals surface area contributed by atoms with E-state index >= 15 is 0 Å². The summed E-state index contributed by atoms with van der Waals surface area (Å²) in [5.74, 6) is 1.92. The van der Waals surface area contributed by atoms with Crippen LogP contribution in [0.1, 0.15) is 57.1 Å². The Balaban J connectivity index is 0.00000450. The molecule has 0 aromatic heterocycles. The van der Waals surface area contributed by atoms with Crippen LogP contribution in [0.15, 0.2) is 12.1 Å². The van der Waals surface area contributed by atoms with Crippen molar-refractivity contribution in [3.8, 4) is 17.2 Å². The molecule has 0 saturated heterocycles. The van der Waals surface area contributed by atoms with E-state index in [-0.39, 0.29) is 30.0 Å². The predicted octanol–water partition coefficient (Wildman–Crippen LogP) is 4.22. The van der Waals surface area contributed by atoms with Gasteiger partial charge in [-0.15, -0.1) is 12.4 Å². The van der Waals surface area contributed by atoms with E-state index in [0.29, 0.717) is 30.2 Å². The highest BCUT2D eigenvalue weighted by Gasteiger charge is 2.39. The zero-order chi connectivity index (χ0) is 21.4. The quantitative estimate of drug-likeness (QED) is 0.422. The Morgan fingerprint density at radius 1 is 1.10 bits per heavy atom. The molecular weight excluding hydrogens is 429 g/mol. The molecule has 0 bridgehead atoms. The van der Waals surface area contributed by atoms with Gasteiger partial charge in [-0.05, 0) is 42.0 Å². The highest BCUT2D eigenvalue weighted by molar-refractivity contribution is 7.38. The van der Waals surface area contributed by atoms with Crippen molar-refractivity contribution in [3.63, 3.8) is 0 Å². The van der Waals surface area contributed by atoms with Gasteiger partial charge in [-0.2, -0.15) is 4.89 Å².